The average Bonchev–Trinajstić information content (AvgIpc) is 3.70. The Morgan fingerprint density at radius 1 is 0.354 bits per heavy atom. The number of aromatic nitrogens is 1. The Hall–Kier alpha value is -5.96. The van der Waals surface area contributed by atoms with Crippen LogP contribution in [0.3, 0.4) is 0 Å². The van der Waals surface area contributed by atoms with Crippen molar-refractivity contribution in [3.05, 3.63) is 164 Å². The van der Waals surface area contributed by atoms with E-state index in [2.05, 4.69) is 168 Å². The summed E-state index contributed by atoms with van der Waals surface area (Å²) in [6, 6.07) is 60.6. The second kappa shape index (κ2) is 9.78. The maximum absolute atomic E-state index is 2.48. The molecule has 0 fully saturated rings. The lowest BCUT2D eigenvalue weighted by atomic mass is 9.93. The van der Waals surface area contributed by atoms with E-state index in [0.717, 1.165) is 0 Å². The Balaban J connectivity index is 1.16. The van der Waals surface area contributed by atoms with Crippen LogP contribution in [0.2, 0.25) is 0 Å². The molecule has 0 aliphatic rings. The van der Waals surface area contributed by atoms with E-state index in [1.54, 1.807) is 0 Å². The van der Waals surface area contributed by atoms with E-state index in [4.69, 9.17) is 0 Å². The van der Waals surface area contributed by atoms with Gasteiger partial charge in [0.2, 0.25) is 0 Å². The van der Waals surface area contributed by atoms with Crippen LogP contribution in [0.5, 0.6) is 0 Å². The Morgan fingerprint density at radius 3 is 1.75 bits per heavy atom. The van der Waals surface area contributed by atoms with E-state index >= 15 is 0 Å². The molecular formula is C46H27NS. The second-order valence-electron chi connectivity index (χ2n) is 12.9. The molecule has 222 valence electrons. The fraction of sp³-hybridized carbons (Fsp3) is 0. The van der Waals surface area contributed by atoms with Gasteiger partial charge in [-0.1, -0.05) is 140 Å². The summed E-state index contributed by atoms with van der Waals surface area (Å²) in [5.74, 6) is 0. The lowest BCUT2D eigenvalue weighted by molar-refractivity contribution is 1.20. The van der Waals surface area contributed by atoms with Gasteiger partial charge in [0.05, 0.1) is 16.7 Å². The molecule has 0 bridgehead atoms. The van der Waals surface area contributed by atoms with Crippen LogP contribution in [-0.2, 0) is 0 Å². The highest BCUT2D eigenvalue weighted by molar-refractivity contribution is 7.26. The first kappa shape index (κ1) is 26.1. The fourth-order valence-electron chi connectivity index (χ4n) is 8.21. The van der Waals surface area contributed by atoms with Crippen molar-refractivity contribution < 1.29 is 0 Å². The molecule has 11 aromatic rings. The van der Waals surface area contributed by atoms with Gasteiger partial charge in [0, 0.05) is 36.3 Å². The van der Waals surface area contributed by atoms with Crippen molar-refractivity contribution in [2.75, 3.05) is 0 Å². The van der Waals surface area contributed by atoms with Crippen LogP contribution in [0.25, 0.3) is 102 Å². The third-order valence-electron chi connectivity index (χ3n) is 10.3. The van der Waals surface area contributed by atoms with Gasteiger partial charge >= 0.3 is 0 Å². The van der Waals surface area contributed by atoms with Gasteiger partial charge in [0.1, 0.15) is 0 Å². The monoisotopic (exact) mass is 625 g/mol. The van der Waals surface area contributed by atoms with Crippen LogP contribution in [0, 0.1) is 0 Å². The predicted octanol–water partition coefficient (Wildman–Crippen LogP) is 13.4. The van der Waals surface area contributed by atoms with E-state index in [1.165, 1.54) is 102 Å². The minimum Gasteiger partial charge on any atom is -0.309 e. The molecule has 2 heterocycles. The zero-order valence-corrected chi connectivity index (χ0v) is 26.8. The van der Waals surface area contributed by atoms with Crippen molar-refractivity contribution in [1.82, 2.24) is 4.57 Å². The molecule has 9 aromatic carbocycles. The number of para-hydroxylation sites is 1. The lowest BCUT2D eigenvalue weighted by Gasteiger charge is -2.16. The zero-order chi connectivity index (χ0) is 31.3. The molecule has 0 saturated heterocycles. The van der Waals surface area contributed by atoms with Gasteiger partial charge in [-0.05, 0) is 73.5 Å². The van der Waals surface area contributed by atoms with Gasteiger partial charge in [0.15, 0.2) is 0 Å². The highest BCUT2D eigenvalue weighted by Gasteiger charge is 2.19. The predicted molar refractivity (Wildman–Crippen MR) is 208 cm³/mol. The Morgan fingerprint density at radius 2 is 0.958 bits per heavy atom. The molecule has 0 aliphatic heterocycles. The third kappa shape index (κ3) is 3.55. The molecule has 0 aliphatic carbocycles. The summed E-state index contributed by atoms with van der Waals surface area (Å²) in [6.45, 7) is 0. The van der Waals surface area contributed by atoms with Crippen LogP contribution in [0.15, 0.2) is 164 Å². The van der Waals surface area contributed by atoms with Crippen LogP contribution in [0.1, 0.15) is 0 Å². The topological polar surface area (TPSA) is 4.93 Å². The number of fused-ring (bicyclic) bond motifs is 6. The molecule has 0 radical (unpaired) electrons. The summed E-state index contributed by atoms with van der Waals surface area (Å²) in [7, 11) is 0. The summed E-state index contributed by atoms with van der Waals surface area (Å²) in [4.78, 5) is 0. The van der Waals surface area contributed by atoms with E-state index in [-0.39, 0.29) is 0 Å². The van der Waals surface area contributed by atoms with Gasteiger partial charge in [-0.15, -0.1) is 11.3 Å². The van der Waals surface area contributed by atoms with E-state index in [0.29, 0.717) is 0 Å². The normalized spacial score (nSPS) is 12.2. The third-order valence-corrected chi connectivity index (χ3v) is 11.6. The van der Waals surface area contributed by atoms with Gasteiger partial charge < -0.3 is 4.57 Å². The number of hydrogen-bond acceptors (Lipinski definition) is 1. The number of thiophene rings is 1. The fourth-order valence-corrected chi connectivity index (χ4v) is 9.58. The van der Waals surface area contributed by atoms with Gasteiger partial charge in [-0.2, -0.15) is 0 Å². The summed E-state index contributed by atoms with van der Waals surface area (Å²) >= 11 is 1.92. The number of benzene rings is 9. The number of rotatable bonds is 3. The molecule has 0 amide bonds. The smallest absolute Gasteiger partial charge is 0.0541 e. The molecular weight excluding hydrogens is 599 g/mol. The average molecular weight is 626 g/mol. The maximum atomic E-state index is 2.48. The molecule has 0 unspecified atom stereocenters. The Bertz CT molecular complexity index is 3040. The zero-order valence-electron chi connectivity index (χ0n) is 25.9. The SMILES string of the molecule is c1ccc(-c2cccc3c2sc2c(-c4ccc5c(c4)c4ccccc4n5-c4ccc5ccc6cccc7ccc4c5c67)cccc23)cc1. The summed E-state index contributed by atoms with van der Waals surface area (Å²) in [6.07, 6.45) is 0. The Kier molecular flexibility index (Phi) is 5.32. The summed E-state index contributed by atoms with van der Waals surface area (Å²) in [5.41, 5.74) is 8.77. The van der Waals surface area contributed by atoms with Crippen LogP contribution < -0.4 is 0 Å². The molecule has 2 heteroatoms. The Labute approximate surface area is 280 Å². The molecule has 0 N–H and O–H groups in total. The first-order chi connectivity index (χ1) is 23.8. The molecule has 0 saturated carbocycles. The second-order valence-corrected chi connectivity index (χ2v) is 13.9. The van der Waals surface area contributed by atoms with Crippen molar-refractivity contribution in [2.45, 2.75) is 0 Å². The summed E-state index contributed by atoms with van der Waals surface area (Å²) in [5, 5.41) is 13.0. The van der Waals surface area contributed by atoms with Crippen LogP contribution in [0.4, 0.5) is 0 Å². The van der Waals surface area contributed by atoms with E-state index < -0.39 is 0 Å². The highest BCUT2D eigenvalue weighted by atomic mass is 32.1. The lowest BCUT2D eigenvalue weighted by Crippen LogP contribution is -1.96. The minimum atomic E-state index is 1.22. The molecule has 0 atom stereocenters. The molecule has 11 rings (SSSR count). The highest BCUT2D eigenvalue weighted by Crippen LogP contribution is 2.45. The quantitative estimate of drug-likeness (QED) is 0.172. The van der Waals surface area contributed by atoms with Crippen LogP contribution in [-0.4, -0.2) is 4.57 Å². The van der Waals surface area contributed by atoms with Crippen molar-refractivity contribution in [2.24, 2.45) is 0 Å². The van der Waals surface area contributed by atoms with Gasteiger partial charge in [-0.3, -0.25) is 0 Å². The number of hydrogen-bond donors (Lipinski definition) is 0. The first-order valence-corrected chi connectivity index (χ1v) is 17.3. The van der Waals surface area contributed by atoms with Crippen molar-refractivity contribution in [3.63, 3.8) is 0 Å². The minimum absolute atomic E-state index is 1.22. The summed E-state index contributed by atoms with van der Waals surface area (Å²) < 4.78 is 5.16. The number of nitrogens with zero attached hydrogens (tertiary/aromatic N) is 1. The van der Waals surface area contributed by atoms with Crippen LogP contribution >= 0.6 is 11.3 Å². The van der Waals surface area contributed by atoms with Crippen molar-refractivity contribution >= 4 is 85.6 Å². The molecule has 0 spiro atoms. The first-order valence-electron chi connectivity index (χ1n) is 16.5. The van der Waals surface area contributed by atoms with E-state index in [1.807, 2.05) is 11.3 Å². The molecule has 1 nitrogen and oxygen atoms in total. The standard InChI is InChI=1S/C46H27NS/c1-2-9-28(10-3-1)33-14-7-16-36-37-17-8-15-34(46(37)48-45(33)36)32-23-26-42-39(27-32)35-13-4-5-18-40(35)47(42)41-25-22-31-20-19-29-11-6-12-30-21-24-38(41)44(31)43(29)30/h1-27H. The van der Waals surface area contributed by atoms with E-state index in [9.17, 15) is 0 Å². The van der Waals surface area contributed by atoms with Crippen molar-refractivity contribution in [3.8, 4) is 27.9 Å². The van der Waals surface area contributed by atoms with Crippen molar-refractivity contribution in [1.29, 1.82) is 0 Å². The largest absolute Gasteiger partial charge is 0.309 e. The van der Waals surface area contributed by atoms with Gasteiger partial charge in [-0.25, -0.2) is 0 Å². The molecule has 2 aromatic heterocycles. The molecule has 48 heavy (non-hydrogen) atoms. The maximum Gasteiger partial charge on any atom is 0.0541 e. The van der Waals surface area contributed by atoms with Gasteiger partial charge in [0.25, 0.3) is 0 Å².